The second kappa shape index (κ2) is 6.42. The molecule has 0 aromatic heterocycles. The quantitative estimate of drug-likeness (QED) is 0.419. The number of alkyl halides is 2. The van der Waals surface area contributed by atoms with Gasteiger partial charge in [-0.3, -0.25) is 4.55 Å². The molecule has 1 saturated heterocycles. The molecule has 1 saturated carbocycles. The lowest BCUT2D eigenvalue weighted by Crippen LogP contribution is -2.57. The van der Waals surface area contributed by atoms with Crippen molar-refractivity contribution in [3.63, 3.8) is 0 Å². The number of halogens is 2. The van der Waals surface area contributed by atoms with E-state index in [-0.39, 0.29) is 26.1 Å². The molecule has 140 valence electrons. The fraction of sp³-hybridized carbons (Fsp3) is 0.917. The highest BCUT2D eigenvalue weighted by Crippen LogP contribution is 2.43. The number of aliphatic hydroxyl groups is 2. The van der Waals surface area contributed by atoms with Gasteiger partial charge in [0, 0.05) is 6.42 Å². The number of rotatable bonds is 5. The van der Waals surface area contributed by atoms with Gasteiger partial charge in [-0.05, 0) is 12.8 Å². The van der Waals surface area contributed by atoms with Crippen LogP contribution in [-0.4, -0.2) is 72.7 Å². The van der Waals surface area contributed by atoms with Crippen LogP contribution in [0.1, 0.15) is 19.3 Å². The Morgan fingerprint density at radius 2 is 1.79 bits per heavy atom. The van der Waals surface area contributed by atoms with Gasteiger partial charge in [0.15, 0.2) is 6.10 Å². The van der Waals surface area contributed by atoms with Crippen molar-refractivity contribution in [3.8, 4) is 0 Å². The predicted octanol–water partition coefficient (Wildman–Crippen LogP) is -0.723. The monoisotopic (exact) mass is 376 g/mol. The van der Waals surface area contributed by atoms with Gasteiger partial charge in [0.25, 0.3) is 0 Å². The van der Waals surface area contributed by atoms with Gasteiger partial charge in [-0.25, -0.2) is 4.79 Å². The zero-order chi connectivity index (χ0) is 18.2. The van der Waals surface area contributed by atoms with Crippen LogP contribution in [0.5, 0.6) is 0 Å². The highest BCUT2D eigenvalue weighted by atomic mass is 32.2. The topological polar surface area (TPSA) is 140 Å². The first-order chi connectivity index (χ1) is 11.0. The van der Waals surface area contributed by atoms with Crippen molar-refractivity contribution in [2.75, 3.05) is 26.4 Å². The van der Waals surface area contributed by atoms with E-state index in [1.807, 2.05) is 0 Å². The highest BCUT2D eigenvalue weighted by molar-refractivity contribution is 7.87. The van der Waals surface area contributed by atoms with E-state index < -0.39 is 51.9 Å². The Labute approximate surface area is 136 Å². The zero-order valence-electron chi connectivity index (χ0n) is 12.5. The Morgan fingerprint density at radius 1 is 1.25 bits per heavy atom. The van der Waals surface area contributed by atoms with Gasteiger partial charge in [0.2, 0.25) is 5.79 Å². The summed E-state index contributed by atoms with van der Waals surface area (Å²) < 4.78 is 71.7. The van der Waals surface area contributed by atoms with Crippen LogP contribution in [0.15, 0.2) is 0 Å². The summed E-state index contributed by atoms with van der Waals surface area (Å²) in [5.41, 5.74) is -1.07. The molecule has 0 bridgehead atoms. The number of hydrogen-bond donors (Lipinski definition) is 3. The number of carbonyl (C=O) groups is 1. The maximum atomic E-state index is 13.3. The smallest absolute Gasteiger partial charge is 0.451 e. The van der Waals surface area contributed by atoms with Gasteiger partial charge in [0.1, 0.15) is 0 Å². The molecule has 1 spiro atoms. The van der Waals surface area contributed by atoms with Crippen LogP contribution in [-0.2, 0) is 29.1 Å². The molecule has 0 amide bonds. The number of carbonyl (C=O) groups excluding carboxylic acids is 1. The Hall–Kier alpha value is -0.920. The molecule has 1 aliphatic heterocycles. The van der Waals surface area contributed by atoms with E-state index >= 15 is 0 Å². The minimum Gasteiger partial charge on any atom is -0.451 e. The van der Waals surface area contributed by atoms with Crippen molar-refractivity contribution >= 4 is 16.1 Å². The Balaban J connectivity index is 2.11. The SMILES string of the molecule is O=C(OC1CCCC12OCC(CO)(CO)CO2)C(F)(F)S(=O)(=O)O. The minimum absolute atomic E-state index is 0.0819. The fourth-order valence-corrected chi connectivity index (χ4v) is 2.82. The molecular weight excluding hydrogens is 358 g/mol. The Bertz CT molecular complexity index is 577. The Morgan fingerprint density at radius 3 is 2.25 bits per heavy atom. The summed E-state index contributed by atoms with van der Waals surface area (Å²) >= 11 is 0. The molecule has 2 aliphatic rings. The molecule has 2 rings (SSSR count). The lowest BCUT2D eigenvalue weighted by molar-refractivity contribution is -0.336. The summed E-state index contributed by atoms with van der Waals surface area (Å²) in [4.78, 5) is 11.4. The molecule has 1 atom stereocenters. The van der Waals surface area contributed by atoms with E-state index in [1.165, 1.54) is 0 Å². The normalized spacial score (nSPS) is 26.5. The van der Waals surface area contributed by atoms with Crippen molar-refractivity contribution in [2.24, 2.45) is 5.41 Å². The molecule has 0 aromatic rings. The maximum Gasteiger partial charge on any atom is 0.465 e. The molecule has 1 aliphatic carbocycles. The summed E-state index contributed by atoms with van der Waals surface area (Å²) in [6.45, 7) is -1.21. The van der Waals surface area contributed by atoms with Crippen LogP contribution in [0.4, 0.5) is 8.78 Å². The maximum absolute atomic E-state index is 13.3. The predicted molar refractivity (Wildman–Crippen MR) is 71.5 cm³/mol. The molecular formula is C12H18F2O9S. The van der Waals surface area contributed by atoms with Gasteiger partial charge in [0.05, 0.1) is 31.8 Å². The molecule has 1 heterocycles. The third-order valence-electron chi connectivity index (χ3n) is 4.21. The lowest BCUT2D eigenvalue weighted by atomic mass is 9.90. The minimum atomic E-state index is -5.97. The van der Waals surface area contributed by atoms with Crippen LogP contribution in [0.2, 0.25) is 0 Å². The number of aliphatic hydroxyl groups excluding tert-OH is 2. The molecule has 3 N–H and O–H groups in total. The summed E-state index contributed by atoms with van der Waals surface area (Å²) in [6, 6.07) is 0. The third-order valence-corrected chi connectivity index (χ3v) is 5.02. The summed E-state index contributed by atoms with van der Waals surface area (Å²) in [6.07, 6.45) is -0.651. The van der Waals surface area contributed by atoms with Gasteiger partial charge in [-0.2, -0.15) is 17.2 Å². The number of esters is 1. The standard InChI is InChI=1S/C12H18F2O9S/c13-12(14,24(18,19)20)9(17)23-8-2-1-3-11(8)21-6-10(4-15,5-16)7-22-11/h8,15-16H,1-7H2,(H,18,19,20). The largest absolute Gasteiger partial charge is 0.465 e. The molecule has 0 aromatic carbocycles. The molecule has 12 heteroatoms. The van der Waals surface area contributed by atoms with Crippen molar-refractivity contribution in [2.45, 2.75) is 36.4 Å². The second-order valence-corrected chi connectivity index (χ2v) is 7.45. The second-order valence-electron chi connectivity index (χ2n) is 5.98. The zero-order valence-corrected chi connectivity index (χ0v) is 13.3. The summed E-state index contributed by atoms with van der Waals surface area (Å²) in [5.74, 6) is -3.98. The average molecular weight is 376 g/mol. The van der Waals surface area contributed by atoms with E-state index in [1.54, 1.807) is 0 Å². The van der Waals surface area contributed by atoms with E-state index in [0.29, 0.717) is 6.42 Å². The molecule has 2 fully saturated rings. The number of ether oxygens (including phenoxy) is 3. The molecule has 9 nitrogen and oxygen atoms in total. The van der Waals surface area contributed by atoms with E-state index in [9.17, 15) is 32.2 Å². The van der Waals surface area contributed by atoms with Gasteiger partial charge in [-0.1, -0.05) is 0 Å². The van der Waals surface area contributed by atoms with E-state index in [2.05, 4.69) is 4.74 Å². The first-order valence-corrected chi connectivity index (χ1v) is 8.51. The highest BCUT2D eigenvalue weighted by Gasteiger charge is 2.59. The number of hydrogen-bond acceptors (Lipinski definition) is 8. The van der Waals surface area contributed by atoms with Crippen molar-refractivity contribution < 1.29 is 51.0 Å². The van der Waals surface area contributed by atoms with Gasteiger partial charge in [-0.15, -0.1) is 0 Å². The fourth-order valence-electron chi connectivity index (χ4n) is 2.56. The van der Waals surface area contributed by atoms with Gasteiger partial charge < -0.3 is 24.4 Å². The van der Waals surface area contributed by atoms with Crippen LogP contribution in [0.25, 0.3) is 0 Å². The first kappa shape index (κ1) is 19.4. The molecule has 24 heavy (non-hydrogen) atoms. The van der Waals surface area contributed by atoms with Crippen molar-refractivity contribution in [1.29, 1.82) is 0 Å². The van der Waals surface area contributed by atoms with Crippen LogP contribution in [0, 0.1) is 5.41 Å². The lowest BCUT2D eigenvalue weighted by Gasteiger charge is -2.45. The van der Waals surface area contributed by atoms with E-state index in [0.717, 1.165) is 0 Å². The molecule has 1 unspecified atom stereocenters. The Kier molecular flexibility index (Phi) is 5.19. The van der Waals surface area contributed by atoms with Crippen molar-refractivity contribution in [1.82, 2.24) is 0 Å². The van der Waals surface area contributed by atoms with E-state index in [4.69, 9.17) is 14.0 Å². The van der Waals surface area contributed by atoms with Crippen LogP contribution >= 0.6 is 0 Å². The molecule has 0 radical (unpaired) electrons. The summed E-state index contributed by atoms with van der Waals surface area (Å²) in [5, 5.41) is 13.5. The van der Waals surface area contributed by atoms with Crippen molar-refractivity contribution in [3.05, 3.63) is 0 Å². The first-order valence-electron chi connectivity index (χ1n) is 7.07. The average Bonchev–Trinajstić information content (AvgIpc) is 2.90. The summed E-state index contributed by atoms with van der Waals surface area (Å²) in [7, 11) is -5.97. The van der Waals surface area contributed by atoms with Crippen LogP contribution in [0.3, 0.4) is 0 Å². The third kappa shape index (κ3) is 3.26. The van der Waals surface area contributed by atoms with Gasteiger partial charge >= 0.3 is 21.3 Å². The van der Waals surface area contributed by atoms with Crippen LogP contribution < -0.4 is 0 Å².